The third-order valence-electron chi connectivity index (χ3n) is 3.70. The molecule has 2 aromatic rings. The molecule has 6 heteroatoms. The van der Waals surface area contributed by atoms with Gasteiger partial charge in [0.05, 0.1) is 5.56 Å². The second-order valence-electron chi connectivity index (χ2n) is 5.35. The topological polar surface area (TPSA) is 12.9 Å². The van der Waals surface area contributed by atoms with Gasteiger partial charge >= 0.3 is 6.18 Å². The minimum Gasteiger partial charge on any atom is -0.304 e. The molecule has 1 aromatic carbocycles. The van der Waals surface area contributed by atoms with E-state index in [1.807, 2.05) is 0 Å². The third kappa shape index (κ3) is 2.40. The van der Waals surface area contributed by atoms with Crippen LogP contribution in [-0.4, -0.2) is 4.98 Å². The van der Waals surface area contributed by atoms with Crippen LogP contribution in [0.25, 0.3) is 11.3 Å². The first kappa shape index (κ1) is 16.1. The molecule has 113 valence electrons. The fraction of sp³-hybridized carbons (Fsp3) is 0.267. The summed E-state index contributed by atoms with van der Waals surface area (Å²) in [5.41, 5.74) is 0.552. The molecule has 0 unspecified atom stereocenters. The average Bonchev–Trinajstić information content (AvgIpc) is 2.57. The summed E-state index contributed by atoms with van der Waals surface area (Å²) in [5, 5.41) is 0. The molecule has 0 bridgehead atoms. The summed E-state index contributed by atoms with van der Waals surface area (Å²) in [6, 6.07) is 6.36. The molecule has 1 radical (unpaired) electrons. The Labute approximate surface area is 132 Å². The van der Waals surface area contributed by atoms with Crippen molar-refractivity contribution in [2.24, 2.45) is 0 Å². The van der Waals surface area contributed by atoms with Crippen molar-refractivity contribution in [2.45, 2.75) is 25.4 Å². The van der Waals surface area contributed by atoms with Crippen LogP contribution >= 0.6 is 0 Å². The predicted molar refractivity (Wildman–Crippen MR) is 65.6 cm³/mol. The van der Waals surface area contributed by atoms with Gasteiger partial charge in [-0.15, -0.1) is 29.3 Å². The van der Waals surface area contributed by atoms with E-state index in [0.29, 0.717) is 22.4 Å². The maximum atomic E-state index is 13.4. The maximum absolute atomic E-state index is 13.4. The smallest absolute Gasteiger partial charge is 0.304 e. The van der Waals surface area contributed by atoms with E-state index >= 15 is 0 Å². The van der Waals surface area contributed by atoms with Crippen molar-refractivity contribution in [3.05, 3.63) is 53.0 Å². The quantitative estimate of drug-likeness (QED) is 0.411. The van der Waals surface area contributed by atoms with E-state index in [9.17, 15) is 17.6 Å². The van der Waals surface area contributed by atoms with Gasteiger partial charge < -0.3 is 4.98 Å². The van der Waals surface area contributed by atoms with Crippen LogP contribution in [0.3, 0.4) is 0 Å². The Bertz CT molecular complexity index is 707. The van der Waals surface area contributed by atoms with Gasteiger partial charge in [0.2, 0.25) is 0 Å². The van der Waals surface area contributed by atoms with Crippen LogP contribution in [0.4, 0.5) is 17.6 Å². The van der Waals surface area contributed by atoms with E-state index in [2.05, 4.69) is 11.1 Å². The number of rotatable bonds is 0. The van der Waals surface area contributed by atoms with Gasteiger partial charge in [-0.05, 0) is 11.1 Å². The Morgan fingerprint density at radius 1 is 1.14 bits per heavy atom. The Kier molecular flexibility index (Phi) is 3.75. The van der Waals surface area contributed by atoms with E-state index in [-0.39, 0.29) is 20.1 Å². The monoisotopic (exact) mass is 473 g/mol. The summed E-state index contributed by atoms with van der Waals surface area (Å²) in [7, 11) is 0. The van der Waals surface area contributed by atoms with Crippen LogP contribution in [0.15, 0.2) is 24.4 Å². The van der Waals surface area contributed by atoms with Crippen LogP contribution in [-0.2, 0) is 31.7 Å². The maximum Gasteiger partial charge on any atom is 0.417 e. The standard InChI is InChI=1S/C15H10F4N.Ir/c1-14(2)11-6-9(16)3-4-10(11)13-12(14)5-8(7-20-13)15(17,18)19;/h3,5-7H,1-2H3;/q-1;. The first-order chi connectivity index (χ1) is 9.21. The van der Waals surface area contributed by atoms with Crippen molar-refractivity contribution in [3.63, 3.8) is 0 Å². The number of hydrogen-bond donors (Lipinski definition) is 0. The van der Waals surface area contributed by atoms with Crippen molar-refractivity contribution in [1.82, 2.24) is 4.98 Å². The summed E-state index contributed by atoms with van der Waals surface area (Å²) in [6.07, 6.45) is -3.64. The van der Waals surface area contributed by atoms with Crippen LogP contribution < -0.4 is 0 Å². The summed E-state index contributed by atoms with van der Waals surface area (Å²) >= 11 is 0. The molecule has 3 rings (SSSR count). The molecule has 21 heavy (non-hydrogen) atoms. The normalized spacial score (nSPS) is 15.1. The van der Waals surface area contributed by atoms with Gasteiger partial charge in [-0.25, -0.2) is 0 Å². The van der Waals surface area contributed by atoms with E-state index < -0.39 is 23.0 Å². The Balaban J connectivity index is 0.00000161. The molecular weight excluding hydrogens is 462 g/mol. The van der Waals surface area contributed by atoms with Gasteiger partial charge in [-0.2, -0.15) is 13.2 Å². The molecule has 1 nitrogen and oxygen atoms in total. The van der Waals surface area contributed by atoms with Gasteiger partial charge in [0.25, 0.3) is 0 Å². The van der Waals surface area contributed by atoms with E-state index in [1.165, 1.54) is 12.1 Å². The summed E-state index contributed by atoms with van der Waals surface area (Å²) < 4.78 is 51.7. The first-order valence-corrected chi connectivity index (χ1v) is 6.01. The molecule has 0 saturated carbocycles. The first-order valence-electron chi connectivity index (χ1n) is 6.01. The summed E-state index contributed by atoms with van der Waals surface area (Å²) in [4.78, 5) is 3.92. The van der Waals surface area contributed by atoms with Crippen LogP contribution in [0, 0.1) is 11.9 Å². The number of hydrogen-bond acceptors (Lipinski definition) is 1. The Hall–Kier alpha value is -1.26. The minimum absolute atomic E-state index is 0. The number of aromatic nitrogens is 1. The molecule has 1 aliphatic carbocycles. The molecule has 0 fully saturated rings. The van der Waals surface area contributed by atoms with Crippen LogP contribution in [0.1, 0.15) is 30.5 Å². The molecule has 0 saturated heterocycles. The number of pyridine rings is 1. The molecule has 0 atom stereocenters. The Morgan fingerprint density at radius 3 is 2.43 bits per heavy atom. The van der Waals surface area contributed by atoms with Gasteiger partial charge in [0.15, 0.2) is 0 Å². The fourth-order valence-electron chi connectivity index (χ4n) is 2.60. The number of alkyl halides is 3. The molecular formula is C15H10F4IrN-. The Morgan fingerprint density at radius 2 is 1.81 bits per heavy atom. The molecule has 0 spiro atoms. The van der Waals surface area contributed by atoms with Crippen LogP contribution in [0.5, 0.6) is 0 Å². The van der Waals surface area contributed by atoms with E-state index in [0.717, 1.165) is 12.3 Å². The fourth-order valence-corrected chi connectivity index (χ4v) is 2.60. The minimum atomic E-state index is -4.44. The second kappa shape index (κ2) is 4.89. The van der Waals surface area contributed by atoms with Gasteiger partial charge in [0, 0.05) is 32.1 Å². The van der Waals surface area contributed by atoms with Crippen LogP contribution in [0.2, 0.25) is 0 Å². The molecule has 1 heterocycles. The van der Waals surface area contributed by atoms with Crippen molar-refractivity contribution in [1.29, 1.82) is 0 Å². The molecule has 0 N–H and O–H groups in total. The zero-order valence-electron chi connectivity index (χ0n) is 11.1. The average molecular weight is 472 g/mol. The summed E-state index contributed by atoms with van der Waals surface area (Å²) in [5.74, 6) is -0.458. The number of halogens is 4. The molecule has 0 amide bonds. The number of nitrogens with zero attached hydrogens (tertiary/aromatic N) is 1. The molecule has 0 aliphatic heterocycles. The SMILES string of the molecule is CC1(C)c2cc(F)c[c-]c2-c2ncc(C(F)(F)F)cc21.[Ir]. The second-order valence-corrected chi connectivity index (χ2v) is 5.35. The zero-order chi connectivity index (χ0) is 14.7. The number of benzene rings is 1. The van der Waals surface area contributed by atoms with Gasteiger partial charge in [0.1, 0.15) is 0 Å². The van der Waals surface area contributed by atoms with Crippen molar-refractivity contribution >= 4 is 0 Å². The largest absolute Gasteiger partial charge is 0.417 e. The van der Waals surface area contributed by atoms with E-state index in [1.54, 1.807) is 13.8 Å². The van der Waals surface area contributed by atoms with Crippen molar-refractivity contribution in [2.75, 3.05) is 0 Å². The van der Waals surface area contributed by atoms with Crippen molar-refractivity contribution in [3.8, 4) is 11.3 Å². The van der Waals surface area contributed by atoms with Gasteiger partial charge in [-0.3, -0.25) is 4.39 Å². The molecule has 1 aromatic heterocycles. The molecule has 1 aliphatic rings. The summed E-state index contributed by atoms with van der Waals surface area (Å²) in [6.45, 7) is 3.51. The van der Waals surface area contributed by atoms with Gasteiger partial charge in [-0.1, -0.05) is 25.5 Å². The predicted octanol–water partition coefficient (Wildman–Crippen LogP) is 4.34. The van der Waals surface area contributed by atoms with E-state index in [4.69, 9.17) is 0 Å². The third-order valence-corrected chi connectivity index (χ3v) is 3.70. The number of fused-ring (bicyclic) bond motifs is 3. The van der Waals surface area contributed by atoms with Crippen molar-refractivity contribution < 1.29 is 37.7 Å². The zero-order valence-corrected chi connectivity index (χ0v) is 13.5.